The highest BCUT2D eigenvalue weighted by atomic mass is 32.1. The van der Waals surface area contributed by atoms with Gasteiger partial charge in [0.05, 0.1) is 6.04 Å². The zero-order valence-corrected chi connectivity index (χ0v) is 12.6. The first-order chi connectivity index (χ1) is 8.69. The van der Waals surface area contributed by atoms with E-state index >= 15 is 0 Å². The molecule has 1 saturated carbocycles. The topological polar surface area (TPSA) is 37.8 Å². The number of nitrogens with one attached hydrogen (secondary N) is 1. The van der Waals surface area contributed by atoms with E-state index < -0.39 is 0 Å². The van der Waals surface area contributed by atoms with E-state index in [1.807, 2.05) is 11.3 Å². The maximum atomic E-state index is 4.49. The van der Waals surface area contributed by atoms with Gasteiger partial charge in [-0.1, -0.05) is 51.4 Å². The Labute approximate surface area is 114 Å². The first-order valence-electron chi connectivity index (χ1n) is 7.27. The van der Waals surface area contributed by atoms with Crippen molar-refractivity contribution >= 4 is 11.3 Å². The summed E-state index contributed by atoms with van der Waals surface area (Å²) in [4.78, 5) is 0. The van der Waals surface area contributed by atoms with E-state index in [4.69, 9.17) is 0 Å². The lowest BCUT2D eigenvalue weighted by molar-refractivity contribution is 0.317. The molecule has 1 unspecified atom stereocenters. The predicted molar refractivity (Wildman–Crippen MR) is 77.1 cm³/mol. The molecule has 0 spiro atoms. The van der Waals surface area contributed by atoms with Crippen molar-refractivity contribution in [1.29, 1.82) is 0 Å². The van der Waals surface area contributed by atoms with Crippen LogP contribution in [-0.2, 0) is 5.41 Å². The largest absolute Gasteiger partial charge is 0.308 e. The molecular weight excluding hydrogens is 242 g/mol. The van der Waals surface area contributed by atoms with Crippen molar-refractivity contribution in [3.63, 3.8) is 0 Å². The molecule has 1 atom stereocenters. The molecule has 1 aliphatic carbocycles. The van der Waals surface area contributed by atoms with Crippen LogP contribution < -0.4 is 5.32 Å². The van der Waals surface area contributed by atoms with Gasteiger partial charge in [0.25, 0.3) is 0 Å². The molecule has 1 aromatic rings. The van der Waals surface area contributed by atoms with Gasteiger partial charge in [0.2, 0.25) is 0 Å². The summed E-state index contributed by atoms with van der Waals surface area (Å²) < 4.78 is 0. The molecule has 3 nitrogen and oxygen atoms in total. The van der Waals surface area contributed by atoms with Crippen LogP contribution in [0.2, 0.25) is 0 Å². The Morgan fingerprint density at radius 2 is 1.94 bits per heavy atom. The summed E-state index contributed by atoms with van der Waals surface area (Å²) in [5, 5.41) is 14.8. The Hall–Kier alpha value is -0.480. The summed E-state index contributed by atoms with van der Waals surface area (Å²) in [6.07, 6.45) is 7.71. The minimum absolute atomic E-state index is 0.290. The summed E-state index contributed by atoms with van der Waals surface area (Å²) in [6, 6.07) is 0.383. The highest BCUT2D eigenvalue weighted by Gasteiger charge is 2.32. The Balaban J connectivity index is 2.13. The lowest BCUT2D eigenvalue weighted by atomic mass is 9.76. The maximum Gasteiger partial charge on any atom is 0.134 e. The van der Waals surface area contributed by atoms with Gasteiger partial charge in [-0.05, 0) is 25.8 Å². The molecule has 0 radical (unpaired) electrons. The Morgan fingerprint density at radius 1 is 1.22 bits per heavy atom. The Morgan fingerprint density at radius 3 is 2.56 bits per heavy atom. The highest BCUT2D eigenvalue weighted by Crippen LogP contribution is 2.40. The van der Waals surface area contributed by atoms with Crippen LogP contribution in [0.3, 0.4) is 0 Å². The summed E-state index contributed by atoms with van der Waals surface area (Å²) in [6.45, 7) is 7.71. The number of nitrogens with zero attached hydrogens (tertiary/aromatic N) is 2. The molecule has 0 aromatic carbocycles. The quantitative estimate of drug-likeness (QED) is 0.881. The van der Waals surface area contributed by atoms with Crippen LogP contribution in [0.15, 0.2) is 0 Å². The molecule has 0 amide bonds. The third-order valence-electron chi connectivity index (χ3n) is 4.07. The molecule has 4 heteroatoms. The van der Waals surface area contributed by atoms with Crippen molar-refractivity contribution in [1.82, 2.24) is 15.5 Å². The fraction of sp³-hybridized carbons (Fsp3) is 0.857. The van der Waals surface area contributed by atoms with Gasteiger partial charge >= 0.3 is 0 Å². The van der Waals surface area contributed by atoms with E-state index in [1.165, 1.54) is 42.1 Å². The van der Waals surface area contributed by atoms with Crippen LogP contribution >= 0.6 is 11.3 Å². The van der Waals surface area contributed by atoms with Gasteiger partial charge < -0.3 is 5.32 Å². The van der Waals surface area contributed by atoms with Gasteiger partial charge in [-0.25, -0.2) is 0 Å². The maximum absolute atomic E-state index is 4.49. The number of hydrogen-bond donors (Lipinski definition) is 1. The second kappa shape index (κ2) is 6.11. The third-order valence-corrected chi connectivity index (χ3v) is 5.41. The van der Waals surface area contributed by atoms with Gasteiger partial charge in [0, 0.05) is 5.41 Å². The third kappa shape index (κ3) is 2.91. The van der Waals surface area contributed by atoms with Gasteiger partial charge in [-0.3, -0.25) is 0 Å². The van der Waals surface area contributed by atoms with Gasteiger partial charge in [-0.15, -0.1) is 10.2 Å². The molecule has 0 aliphatic heterocycles. The smallest absolute Gasteiger partial charge is 0.134 e. The molecule has 1 fully saturated rings. The zero-order valence-electron chi connectivity index (χ0n) is 11.8. The van der Waals surface area contributed by atoms with Crippen molar-refractivity contribution in [2.24, 2.45) is 0 Å². The van der Waals surface area contributed by atoms with E-state index in [-0.39, 0.29) is 0 Å². The average molecular weight is 267 g/mol. The van der Waals surface area contributed by atoms with E-state index in [0.29, 0.717) is 11.5 Å². The molecule has 1 aliphatic rings. The molecule has 0 bridgehead atoms. The number of rotatable bonds is 5. The molecule has 18 heavy (non-hydrogen) atoms. The molecule has 2 rings (SSSR count). The first-order valence-corrected chi connectivity index (χ1v) is 8.08. The number of aromatic nitrogens is 2. The predicted octanol–water partition coefficient (Wildman–Crippen LogP) is 3.82. The molecule has 102 valence electrons. The molecule has 1 N–H and O–H groups in total. The van der Waals surface area contributed by atoms with Crippen LogP contribution in [0.4, 0.5) is 0 Å². The summed E-state index contributed by atoms with van der Waals surface area (Å²) in [7, 11) is 0. The van der Waals surface area contributed by atoms with Crippen LogP contribution in [0.25, 0.3) is 0 Å². The van der Waals surface area contributed by atoms with Crippen molar-refractivity contribution in [2.75, 3.05) is 6.54 Å². The summed E-state index contributed by atoms with van der Waals surface area (Å²) >= 11 is 1.83. The van der Waals surface area contributed by atoms with Crippen LogP contribution in [0, 0.1) is 0 Å². The monoisotopic (exact) mass is 267 g/mol. The molecule has 1 aromatic heterocycles. The standard InChI is InChI=1S/C14H25N3S/c1-4-11(15-5-2)12-16-17-13(18-12)14(3)9-7-6-8-10-14/h11,15H,4-10H2,1-3H3. The molecule has 1 heterocycles. The minimum atomic E-state index is 0.290. The minimum Gasteiger partial charge on any atom is -0.308 e. The first kappa shape index (κ1) is 13.9. The molecular formula is C14H25N3S. The SMILES string of the molecule is CCNC(CC)c1nnc(C2(C)CCCCC2)s1. The molecule has 0 saturated heterocycles. The van der Waals surface area contributed by atoms with Crippen molar-refractivity contribution in [3.8, 4) is 0 Å². The highest BCUT2D eigenvalue weighted by molar-refractivity contribution is 7.11. The van der Waals surface area contributed by atoms with Gasteiger partial charge in [0.1, 0.15) is 10.0 Å². The van der Waals surface area contributed by atoms with E-state index in [9.17, 15) is 0 Å². The average Bonchev–Trinajstić information content (AvgIpc) is 2.87. The van der Waals surface area contributed by atoms with Crippen molar-refractivity contribution in [2.45, 2.75) is 70.8 Å². The number of hydrogen-bond acceptors (Lipinski definition) is 4. The zero-order chi connectivity index (χ0) is 13.0. The Bertz CT molecular complexity index is 369. The lowest BCUT2D eigenvalue weighted by Crippen LogP contribution is -2.24. The van der Waals surface area contributed by atoms with Crippen molar-refractivity contribution in [3.05, 3.63) is 10.0 Å². The van der Waals surface area contributed by atoms with Gasteiger partial charge in [-0.2, -0.15) is 0 Å². The van der Waals surface area contributed by atoms with Crippen molar-refractivity contribution < 1.29 is 0 Å². The normalized spacial score (nSPS) is 20.8. The van der Waals surface area contributed by atoms with Crippen LogP contribution in [0.1, 0.15) is 75.4 Å². The summed E-state index contributed by atoms with van der Waals surface area (Å²) in [5.74, 6) is 0. The van der Waals surface area contributed by atoms with E-state index in [2.05, 4.69) is 36.3 Å². The second-order valence-electron chi connectivity index (χ2n) is 5.59. The van der Waals surface area contributed by atoms with E-state index in [1.54, 1.807) is 0 Å². The van der Waals surface area contributed by atoms with Crippen LogP contribution in [-0.4, -0.2) is 16.7 Å². The summed E-state index contributed by atoms with van der Waals surface area (Å²) in [5.41, 5.74) is 0.290. The fourth-order valence-corrected chi connectivity index (χ4v) is 4.02. The lowest BCUT2D eigenvalue weighted by Gasteiger charge is -2.30. The Kier molecular flexibility index (Phi) is 4.73. The fourth-order valence-electron chi connectivity index (χ4n) is 2.82. The van der Waals surface area contributed by atoms with Crippen LogP contribution in [0.5, 0.6) is 0 Å². The second-order valence-corrected chi connectivity index (χ2v) is 6.59. The van der Waals surface area contributed by atoms with E-state index in [0.717, 1.165) is 13.0 Å². The van der Waals surface area contributed by atoms with Gasteiger partial charge in [0.15, 0.2) is 0 Å².